The van der Waals surface area contributed by atoms with Crippen molar-refractivity contribution in [2.24, 2.45) is 0 Å². The van der Waals surface area contributed by atoms with Crippen LogP contribution in [0.25, 0.3) is 17.2 Å². The molecule has 0 saturated carbocycles. The highest BCUT2D eigenvalue weighted by molar-refractivity contribution is 9.10. The zero-order valence-electron chi connectivity index (χ0n) is 12.7. The molecular weight excluding hydrogens is 356 g/mol. The van der Waals surface area contributed by atoms with Gasteiger partial charge in [0.1, 0.15) is 16.1 Å². The van der Waals surface area contributed by atoms with Crippen LogP contribution >= 0.6 is 15.9 Å². The molecule has 0 unspecified atom stereocenters. The van der Waals surface area contributed by atoms with Gasteiger partial charge >= 0.3 is 0 Å². The lowest BCUT2D eigenvalue weighted by atomic mass is 10.2. The smallest absolute Gasteiger partial charge is 0.203 e. The summed E-state index contributed by atoms with van der Waals surface area (Å²) in [5.41, 5.74) is 1.49. The Morgan fingerprint density at radius 2 is 1.74 bits per heavy atom. The van der Waals surface area contributed by atoms with Crippen molar-refractivity contribution in [3.8, 4) is 11.5 Å². The van der Waals surface area contributed by atoms with E-state index in [1.165, 1.54) is 25.7 Å². The predicted octanol–water partition coefficient (Wildman–Crippen LogP) is 3.33. The highest BCUT2D eigenvalue weighted by Gasteiger charge is 2.15. The SMILES string of the molecule is Brc1cccc(-c2nnc3ccc(N4CCCCCC4)nn23)n1. The van der Waals surface area contributed by atoms with Crippen LogP contribution < -0.4 is 4.90 Å². The minimum Gasteiger partial charge on any atom is -0.355 e. The summed E-state index contributed by atoms with van der Waals surface area (Å²) in [5.74, 6) is 1.65. The molecule has 7 heteroatoms. The molecule has 0 amide bonds. The molecule has 6 nitrogen and oxygen atoms in total. The molecule has 1 aliphatic rings. The van der Waals surface area contributed by atoms with Crippen LogP contribution in [0, 0.1) is 0 Å². The largest absolute Gasteiger partial charge is 0.355 e. The Morgan fingerprint density at radius 3 is 2.52 bits per heavy atom. The topological polar surface area (TPSA) is 59.2 Å². The minimum atomic E-state index is 0.665. The number of halogens is 1. The first-order valence-corrected chi connectivity index (χ1v) is 8.71. The van der Waals surface area contributed by atoms with Gasteiger partial charge in [-0.3, -0.25) is 0 Å². The van der Waals surface area contributed by atoms with Crippen LogP contribution in [-0.2, 0) is 0 Å². The van der Waals surface area contributed by atoms with Gasteiger partial charge in [0.05, 0.1) is 0 Å². The second-order valence-corrected chi connectivity index (χ2v) is 6.54. The summed E-state index contributed by atoms with van der Waals surface area (Å²) >= 11 is 3.40. The van der Waals surface area contributed by atoms with Gasteiger partial charge < -0.3 is 4.90 Å². The van der Waals surface area contributed by atoms with Crippen molar-refractivity contribution in [1.82, 2.24) is 24.8 Å². The summed E-state index contributed by atoms with van der Waals surface area (Å²) in [6, 6.07) is 9.76. The molecule has 23 heavy (non-hydrogen) atoms. The van der Waals surface area contributed by atoms with Crippen molar-refractivity contribution in [2.45, 2.75) is 25.7 Å². The van der Waals surface area contributed by atoms with Crippen molar-refractivity contribution in [3.63, 3.8) is 0 Å². The molecule has 0 aromatic carbocycles. The molecule has 0 bridgehead atoms. The normalized spacial score (nSPS) is 15.8. The maximum atomic E-state index is 4.77. The molecule has 118 valence electrons. The van der Waals surface area contributed by atoms with Gasteiger partial charge in [0.25, 0.3) is 0 Å². The van der Waals surface area contributed by atoms with E-state index >= 15 is 0 Å². The zero-order valence-corrected chi connectivity index (χ0v) is 14.3. The third kappa shape index (κ3) is 2.93. The Bertz CT molecular complexity index is 822. The number of nitrogens with zero attached hydrogens (tertiary/aromatic N) is 6. The predicted molar refractivity (Wildman–Crippen MR) is 92.4 cm³/mol. The molecule has 0 spiro atoms. The highest BCUT2D eigenvalue weighted by atomic mass is 79.9. The molecule has 4 rings (SSSR count). The van der Waals surface area contributed by atoms with Crippen molar-refractivity contribution in [2.75, 3.05) is 18.0 Å². The van der Waals surface area contributed by atoms with E-state index in [1.807, 2.05) is 30.3 Å². The zero-order chi connectivity index (χ0) is 15.6. The number of aromatic nitrogens is 5. The molecule has 0 N–H and O–H groups in total. The van der Waals surface area contributed by atoms with Gasteiger partial charge in [0.2, 0.25) is 5.82 Å². The number of hydrogen-bond acceptors (Lipinski definition) is 5. The Labute approximate surface area is 142 Å². The van der Waals surface area contributed by atoms with E-state index in [2.05, 4.69) is 36.0 Å². The summed E-state index contributed by atoms with van der Waals surface area (Å²) < 4.78 is 2.56. The summed E-state index contributed by atoms with van der Waals surface area (Å²) in [5, 5.41) is 13.2. The average Bonchev–Trinajstić information content (AvgIpc) is 2.80. The molecule has 3 aromatic heterocycles. The molecular formula is C16H17BrN6. The Morgan fingerprint density at radius 1 is 0.913 bits per heavy atom. The maximum Gasteiger partial charge on any atom is 0.203 e. The van der Waals surface area contributed by atoms with Gasteiger partial charge in [-0.25, -0.2) is 4.98 Å². The third-order valence-corrected chi connectivity index (χ3v) is 4.56. The highest BCUT2D eigenvalue weighted by Crippen LogP contribution is 2.21. The van der Waals surface area contributed by atoms with Crippen LogP contribution in [0.3, 0.4) is 0 Å². The lowest BCUT2D eigenvalue weighted by molar-refractivity contribution is 0.726. The first kappa shape index (κ1) is 14.6. The fraction of sp³-hybridized carbons (Fsp3) is 0.375. The van der Waals surface area contributed by atoms with Gasteiger partial charge in [-0.1, -0.05) is 18.9 Å². The first-order valence-electron chi connectivity index (χ1n) is 7.91. The van der Waals surface area contributed by atoms with Crippen LogP contribution in [0.15, 0.2) is 34.9 Å². The molecule has 1 fully saturated rings. The van der Waals surface area contributed by atoms with E-state index in [0.717, 1.165) is 34.9 Å². The number of fused-ring (bicyclic) bond motifs is 1. The maximum absolute atomic E-state index is 4.77. The van der Waals surface area contributed by atoms with Gasteiger partial charge in [-0.05, 0) is 53.0 Å². The monoisotopic (exact) mass is 372 g/mol. The number of rotatable bonds is 2. The fourth-order valence-corrected chi connectivity index (χ4v) is 3.28. The van der Waals surface area contributed by atoms with E-state index in [-0.39, 0.29) is 0 Å². The van der Waals surface area contributed by atoms with Crippen LogP contribution in [0.2, 0.25) is 0 Å². The average molecular weight is 373 g/mol. The van der Waals surface area contributed by atoms with Crippen LogP contribution in [0.5, 0.6) is 0 Å². The summed E-state index contributed by atoms with van der Waals surface area (Å²) in [7, 11) is 0. The third-order valence-electron chi connectivity index (χ3n) is 4.12. The minimum absolute atomic E-state index is 0.665. The first-order chi connectivity index (χ1) is 11.3. The van der Waals surface area contributed by atoms with Crippen LogP contribution in [-0.4, -0.2) is 37.9 Å². The van der Waals surface area contributed by atoms with E-state index in [4.69, 9.17) is 5.10 Å². The molecule has 1 aliphatic heterocycles. The van der Waals surface area contributed by atoms with Gasteiger partial charge in [0, 0.05) is 13.1 Å². The number of hydrogen-bond donors (Lipinski definition) is 0. The van der Waals surface area contributed by atoms with Crippen molar-refractivity contribution < 1.29 is 0 Å². The Hall–Kier alpha value is -2.02. The van der Waals surface area contributed by atoms with Crippen LogP contribution in [0.1, 0.15) is 25.7 Å². The molecule has 1 saturated heterocycles. The van der Waals surface area contributed by atoms with E-state index < -0.39 is 0 Å². The van der Waals surface area contributed by atoms with Crippen molar-refractivity contribution >= 4 is 27.4 Å². The van der Waals surface area contributed by atoms with E-state index in [1.54, 1.807) is 4.52 Å². The lowest BCUT2D eigenvalue weighted by Gasteiger charge is -2.21. The second-order valence-electron chi connectivity index (χ2n) is 5.73. The molecule has 0 aliphatic carbocycles. The number of pyridine rings is 1. The summed E-state index contributed by atoms with van der Waals surface area (Å²) in [4.78, 5) is 6.81. The molecule has 0 radical (unpaired) electrons. The van der Waals surface area contributed by atoms with Gasteiger partial charge in [-0.15, -0.1) is 15.3 Å². The summed E-state index contributed by atoms with van der Waals surface area (Å²) in [6.45, 7) is 2.12. The van der Waals surface area contributed by atoms with Crippen LogP contribution in [0.4, 0.5) is 5.82 Å². The lowest BCUT2D eigenvalue weighted by Crippen LogP contribution is -2.25. The van der Waals surface area contributed by atoms with E-state index in [9.17, 15) is 0 Å². The standard InChI is InChI=1S/C16H17BrN6/c17-13-7-5-6-12(18-13)16-20-19-14-8-9-15(21-23(14)16)22-10-3-1-2-4-11-22/h5-9H,1-4,10-11H2. The molecule has 3 aromatic rings. The fourth-order valence-electron chi connectivity index (χ4n) is 2.94. The van der Waals surface area contributed by atoms with Crippen molar-refractivity contribution in [1.29, 1.82) is 0 Å². The summed E-state index contributed by atoms with van der Waals surface area (Å²) in [6.07, 6.45) is 5.06. The second kappa shape index (κ2) is 6.23. The molecule has 0 atom stereocenters. The van der Waals surface area contributed by atoms with Gasteiger partial charge in [0.15, 0.2) is 5.65 Å². The van der Waals surface area contributed by atoms with Gasteiger partial charge in [-0.2, -0.15) is 4.52 Å². The Balaban J connectivity index is 1.76. The Kier molecular flexibility index (Phi) is 3.95. The van der Waals surface area contributed by atoms with Crippen molar-refractivity contribution in [3.05, 3.63) is 34.9 Å². The molecule has 4 heterocycles. The number of anilines is 1. The van der Waals surface area contributed by atoms with E-state index in [0.29, 0.717) is 5.82 Å². The quantitative estimate of drug-likeness (QED) is 0.645.